The van der Waals surface area contributed by atoms with Crippen LogP contribution in [0.5, 0.6) is 0 Å². The van der Waals surface area contributed by atoms with Crippen LogP contribution < -0.4 is 0 Å². The van der Waals surface area contributed by atoms with Crippen LogP contribution in [0.25, 0.3) is 0 Å². The Morgan fingerprint density at radius 2 is 2.31 bits per heavy atom. The molecule has 1 aromatic rings. The number of carbonyl (C=O) groups is 1. The van der Waals surface area contributed by atoms with E-state index in [1.54, 1.807) is 24.3 Å². The predicted octanol–water partition coefficient (Wildman–Crippen LogP) is 2.34. The van der Waals surface area contributed by atoms with Crippen LogP contribution >= 0.6 is 0 Å². The number of benzene rings is 1. The van der Waals surface area contributed by atoms with E-state index in [9.17, 15) is 9.18 Å². The largest absolute Gasteiger partial charge is 0.481 e. The van der Waals surface area contributed by atoms with Gasteiger partial charge in [-0.05, 0) is 18.1 Å². The number of carboxylic acids is 1. The van der Waals surface area contributed by atoms with Gasteiger partial charge in [-0.25, -0.2) is 4.39 Å². The third kappa shape index (κ3) is 2.86. The zero-order chi connectivity index (χ0) is 9.84. The third-order valence-electron chi connectivity index (χ3n) is 1.77. The molecule has 0 aliphatic heterocycles. The number of hydrogen-bond acceptors (Lipinski definition) is 1. The Morgan fingerprint density at radius 3 is 2.85 bits per heavy atom. The number of aliphatic carboxylic acids is 1. The minimum atomic E-state index is -1.05. The molecule has 13 heavy (non-hydrogen) atoms. The van der Waals surface area contributed by atoms with Gasteiger partial charge in [-0.1, -0.05) is 24.3 Å². The topological polar surface area (TPSA) is 37.3 Å². The predicted molar refractivity (Wildman–Crippen MR) is 47.3 cm³/mol. The van der Waals surface area contributed by atoms with Crippen molar-refractivity contribution in [3.8, 4) is 0 Å². The van der Waals surface area contributed by atoms with Crippen LogP contribution in [-0.2, 0) is 11.2 Å². The van der Waals surface area contributed by atoms with Crippen molar-refractivity contribution in [1.82, 2.24) is 0 Å². The van der Waals surface area contributed by atoms with Gasteiger partial charge < -0.3 is 5.11 Å². The lowest BCUT2D eigenvalue weighted by molar-refractivity contribution is -0.136. The summed E-state index contributed by atoms with van der Waals surface area (Å²) in [4.78, 5) is 10.4. The number of hydrogen-bond donors (Lipinski definition) is 1. The molecule has 1 atom stereocenters. The standard InChI is InChI=1S/C10H11FO2/c1-7(11)9-4-2-3-8(5-9)6-10(12)13/h2-5,7H,6H2,1H3,(H,12,13). The summed E-state index contributed by atoms with van der Waals surface area (Å²) in [5.41, 5.74) is 1.16. The summed E-state index contributed by atoms with van der Waals surface area (Å²) in [5.74, 6) is -0.899. The van der Waals surface area contributed by atoms with Crippen molar-refractivity contribution < 1.29 is 14.3 Å². The van der Waals surface area contributed by atoms with E-state index in [4.69, 9.17) is 5.11 Å². The maximum absolute atomic E-state index is 12.8. The molecule has 0 aliphatic rings. The summed E-state index contributed by atoms with van der Waals surface area (Å²) >= 11 is 0. The molecule has 0 spiro atoms. The molecule has 0 heterocycles. The summed E-state index contributed by atoms with van der Waals surface area (Å²) < 4.78 is 12.8. The molecule has 0 saturated heterocycles. The first kappa shape index (κ1) is 9.71. The average molecular weight is 182 g/mol. The van der Waals surface area contributed by atoms with Gasteiger partial charge in [0.1, 0.15) is 6.17 Å². The molecule has 0 fully saturated rings. The molecule has 2 nitrogen and oxygen atoms in total. The van der Waals surface area contributed by atoms with E-state index in [2.05, 4.69) is 0 Å². The van der Waals surface area contributed by atoms with Gasteiger partial charge in [0.2, 0.25) is 0 Å². The van der Waals surface area contributed by atoms with Crippen LogP contribution in [0.2, 0.25) is 0 Å². The van der Waals surface area contributed by atoms with Crippen molar-refractivity contribution in [2.75, 3.05) is 0 Å². The number of carboxylic acid groups (broad SMARTS) is 1. The Morgan fingerprint density at radius 1 is 1.62 bits per heavy atom. The molecule has 0 aliphatic carbocycles. The Bertz CT molecular complexity index is 308. The first-order valence-electron chi connectivity index (χ1n) is 4.04. The maximum Gasteiger partial charge on any atom is 0.307 e. The lowest BCUT2D eigenvalue weighted by atomic mass is 10.1. The summed E-state index contributed by atoms with van der Waals surface area (Å²) in [6.07, 6.45) is -1.10. The Kier molecular flexibility index (Phi) is 3.01. The lowest BCUT2D eigenvalue weighted by Gasteiger charge is -2.03. The average Bonchev–Trinajstić information content (AvgIpc) is 2.03. The molecule has 3 heteroatoms. The van der Waals surface area contributed by atoms with Crippen molar-refractivity contribution in [3.63, 3.8) is 0 Å². The minimum absolute atomic E-state index is 0.0550. The SMILES string of the molecule is CC(F)c1cccc(CC(=O)O)c1. The van der Waals surface area contributed by atoms with Gasteiger partial charge in [-0.3, -0.25) is 4.79 Å². The highest BCUT2D eigenvalue weighted by Crippen LogP contribution is 2.17. The highest BCUT2D eigenvalue weighted by molar-refractivity contribution is 5.70. The molecule has 1 rings (SSSR count). The number of alkyl halides is 1. The van der Waals surface area contributed by atoms with Gasteiger partial charge in [-0.15, -0.1) is 0 Å². The fourth-order valence-electron chi connectivity index (χ4n) is 1.13. The van der Waals surface area contributed by atoms with Crippen LogP contribution in [0.15, 0.2) is 24.3 Å². The van der Waals surface area contributed by atoms with Crippen LogP contribution in [-0.4, -0.2) is 11.1 Å². The first-order chi connectivity index (χ1) is 6.09. The van der Waals surface area contributed by atoms with E-state index in [1.807, 2.05) is 0 Å². The van der Waals surface area contributed by atoms with Crippen LogP contribution in [0, 0.1) is 0 Å². The smallest absolute Gasteiger partial charge is 0.307 e. The second-order valence-corrected chi connectivity index (χ2v) is 2.93. The van der Waals surface area contributed by atoms with Crippen LogP contribution in [0.3, 0.4) is 0 Å². The molecule has 1 unspecified atom stereocenters. The third-order valence-corrected chi connectivity index (χ3v) is 1.77. The van der Waals surface area contributed by atoms with Crippen LogP contribution in [0.4, 0.5) is 4.39 Å². The molecule has 0 aromatic heterocycles. The van der Waals surface area contributed by atoms with E-state index in [1.165, 1.54) is 6.92 Å². The number of rotatable bonds is 3. The van der Waals surface area contributed by atoms with E-state index >= 15 is 0 Å². The molecular weight excluding hydrogens is 171 g/mol. The van der Waals surface area contributed by atoms with E-state index in [0.29, 0.717) is 11.1 Å². The van der Waals surface area contributed by atoms with Gasteiger partial charge in [0.15, 0.2) is 0 Å². The fraction of sp³-hybridized carbons (Fsp3) is 0.300. The minimum Gasteiger partial charge on any atom is -0.481 e. The molecule has 0 radical (unpaired) electrons. The van der Waals surface area contributed by atoms with Crippen molar-refractivity contribution in [3.05, 3.63) is 35.4 Å². The quantitative estimate of drug-likeness (QED) is 0.779. The van der Waals surface area contributed by atoms with Crippen molar-refractivity contribution in [1.29, 1.82) is 0 Å². The zero-order valence-corrected chi connectivity index (χ0v) is 7.33. The van der Waals surface area contributed by atoms with Crippen LogP contribution in [0.1, 0.15) is 24.2 Å². The summed E-state index contributed by atoms with van der Waals surface area (Å²) in [6.45, 7) is 1.43. The molecule has 0 bridgehead atoms. The summed E-state index contributed by atoms with van der Waals surface area (Å²) in [7, 11) is 0. The summed E-state index contributed by atoms with van der Waals surface area (Å²) in [6, 6.07) is 6.58. The molecule has 70 valence electrons. The van der Waals surface area contributed by atoms with Gasteiger partial charge in [-0.2, -0.15) is 0 Å². The van der Waals surface area contributed by atoms with Gasteiger partial charge >= 0.3 is 5.97 Å². The van der Waals surface area contributed by atoms with Crippen molar-refractivity contribution in [2.24, 2.45) is 0 Å². The molecule has 0 amide bonds. The zero-order valence-electron chi connectivity index (χ0n) is 7.33. The van der Waals surface area contributed by atoms with Gasteiger partial charge in [0, 0.05) is 0 Å². The molecular formula is C10H11FO2. The number of halogens is 1. The maximum atomic E-state index is 12.8. The molecule has 1 aromatic carbocycles. The second kappa shape index (κ2) is 4.03. The van der Waals surface area contributed by atoms with Gasteiger partial charge in [0.05, 0.1) is 6.42 Å². The second-order valence-electron chi connectivity index (χ2n) is 2.93. The normalized spacial score (nSPS) is 12.5. The van der Waals surface area contributed by atoms with E-state index in [-0.39, 0.29) is 6.42 Å². The Labute approximate surface area is 76.0 Å². The molecule has 0 saturated carbocycles. The summed E-state index contributed by atoms with van der Waals surface area (Å²) in [5, 5.41) is 8.50. The highest BCUT2D eigenvalue weighted by Gasteiger charge is 2.05. The Hall–Kier alpha value is -1.38. The Balaban J connectivity index is 2.85. The van der Waals surface area contributed by atoms with E-state index < -0.39 is 12.1 Å². The van der Waals surface area contributed by atoms with Gasteiger partial charge in [0.25, 0.3) is 0 Å². The monoisotopic (exact) mass is 182 g/mol. The lowest BCUT2D eigenvalue weighted by Crippen LogP contribution is -2.00. The molecule has 1 N–H and O–H groups in total. The highest BCUT2D eigenvalue weighted by atomic mass is 19.1. The fourth-order valence-corrected chi connectivity index (χ4v) is 1.13. The van der Waals surface area contributed by atoms with E-state index in [0.717, 1.165) is 0 Å². The van der Waals surface area contributed by atoms with Crippen molar-refractivity contribution in [2.45, 2.75) is 19.5 Å². The first-order valence-corrected chi connectivity index (χ1v) is 4.04. The van der Waals surface area contributed by atoms with Crippen molar-refractivity contribution >= 4 is 5.97 Å².